The maximum Gasteiger partial charge on any atom is 0.239 e. The quantitative estimate of drug-likeness (QED) is 0.832. The lowest BCUT2D eigenvalue weighted by Gasteiger charge is -2.29. The number of pyridine rings is 1. The minimum Gasteiger partial charge on any atom is -0.310 e. The summed E-state index contributed by atoms with van der Waals surface area (Å²) in [6, 6.07) is 4.35. The van der Waals surface area contributed by atoms with Crippen LogP contribution in [0.2, 0.25) is 0 Å². The highest BCUT2D eigenvalue weighted by atomic mass is 79.9. The zero-order chi connectivity index (χ0) is 15.4. The Balaban J connectivity index is 1.51. The van der Waals surface area contributed by atoms with Gasteiger partial charge in [0.15, 0.2) is 0 Å². The van der Waals surface area contributed by atoms with Gasteiger partial charge < -0.3 is 5.32 Å². The summed E-state index contributed by atoms with van der Waals surface area (Å²) >= 11 is 3.35. The molecule has 1 heterocycles. The SMILES string of the molecule is O=C(CN(CC1CCCCC1)C1CC1)Nc1ccc(Br)cn1. The predicted molar refractivity (Wildman–Crippen MR) is 91.7 cm³/mol. The highest BCUT2D eigenvalue weighted by Gasteiger charge is 2.32. The van der Waals surface area contributed by atoms with E-state index in [1.165, 1.54) is 44.9 Å². The number of hydrogen-bond donors (Lipinski definition) is 1. The minimum atomic E-state index is 0.0533. The molecule has 120 valence electrons. The fourth-order valence-corrected chi connectivity index (χ4v) is 3.53. The third-order valence-electron chi connectivity index (χ3n) is 4.62. The van der Waals surface area contributed by atoms with E-state index in [1.807, 2.05) is 12.1 Å². The van der Waals surface area contributed by atoms with Crippen molar-refractivity contribution in [3.8, 4) is 0 Å². The Morgan fingerprint density at radius 1 is 1.23 bits per heavy atom. The topological polar surface area (TPSA) is 45.2 Å². The summed E-state index contributed by atoms with van der Waals surface area (Å²) in [5, 5.41) is 2.91. The van der Waals surface area contributed by atoms with E-state index in [0.717, 1.165) is 16.9 Å². The number of halogens is 1. The van der Waals surface area contributed by atoms with Crippen LogP contribution in [0.15, 0.2) is 22.8 Å². The molecule has 2 aliphatic carbocycles. The van der Waals surface area contributed by atoms with Gasteiger partial charge in [-0.2, -0.15) is 0 Å². The Hall–Kier alpha value is -0.940. The highest BCUT2D eigenvalue weighted by molar-refractivity contribution is 9.10. The van der Waals surface area contributed by atoms with Crippen molar-refractivity contribution in [2.75, 3.05) is 18.4 Å². The second kappa shape index (κ2) is 7.55. The number of carbonyl (C=O) groups is 1. The second-order valence-electron chi connectivity index (χ2n) is 6.57. The average Bonchev–Trinajstić information content (AvgIpc) is 3.35. The van der Waals surface area contributed by atoms with Gasteiger partial charge in [0.1, 0.15) is 5.82 Å². The molecule has 0 atom stereocenters. The molecule has 0 saturated heterocycles. The van der Waals surface area contributed by atoms with Gasteiger partial charge in [-0.25, -0.2) is 4.98 Å². The molecule has 0 aromatic carbocycles. The van der Waals surface area contributed by atoms with Gasteiger partial charge in [0.2, 0.25) is 5.91 Å². The van der Waals surface area contributed by atoms with E-state index >= 15 is 0 Å². The molecule has 2 saturated carbocycles. The monoisotopic (exact) mass is 365 g/mol. The molecular formula is C17H24BrN3O. The van der Waals surface area contributed by atoms with Crippen LogP contribution in [-0.2, 0) is 4.79 Å². The summed E-state index contributed by atoms with van der Waals surface area (Å²) in [4.78, 5) is 18.9. The Bertz CT molecular complexity index is 495. The predicted octanol–water partition coefficient (Wildman–Crippen LogP) is 3.83. The molecule has 2 aliphatic rings. The molecule has 0 bridgehead atoms. The summed E-state index contributed by atoms with van der Waals surface area (Å²) in [7, 11) is 0. The van der Waals surface area contributed by atoms with Gasteiger partial charge in [-0.3, -0.25) is 9.69 Å². The van der Waals surface area contributed by atoms with E-state index in [1.54, 1.807) is 6.20 Å². The molecule has 1 aromatic heterocycles. The van der Waals surface area contributed by atoms with E-state index in [0.29, 0.717) is 18.4 Å². The molecule has 5 heteroatoms. The third kappa shape index (κ3) is 4.78. The number of carbonyl (C=O) groups excluding carboxylic acids is 1. The standard InChI is InChI=1S/C17H24BrN3O/c18-14-6-9-16(19-10-14)20-17(22)12-21(15-7-8-15)11-13-4-2-1-3-5-13/h6,9-10,13,15H,1-5,7-8,11-12H2,(H,19,20,22). The van der Waals surface area contributed by atoms with Gasteiger partial charge in [-0.15, -0.1) is 0 Å². The molecule has 1 amide bonds. The molecule has 1 aromatic rings. The van der Waals surface area contributed by atoms with Crippen LogP contribution in [0.4, 0.5) is 5.82 Å². The van der Waals surface area contributed by atoms with Crippen molar-refractivity contribution in [1.29, 1.82) is 0 Å². The van der Waals surface area contributed by atoms with Crippen molar-refractivity contribution in [3.63, 3.8) is 0 Å². The molecule has 4 nitrogen and oxygen atoms in total. The van der Waals surface area contributed by atoms with Crippen molar-refractivity contribution in [3.05, 3.63) is 22.8 Å². The summed E-state index contributed by atoms with van der Waals surface area (Å²) < 4.78 is 0.919. The lowest BCUT2D eigenvalue weighted by Crippen LogP contribution is -2.38. The number of nitrogens with one attached hydrogen (secondary N) is 1. The molecular weight excluding hydrogens is 342 g/mol. The van der Waals surface area contributed by atoms with Crippen LogP contribution < -0.4 is 5.32 Å². The van der Waals surface area contributed by atoms with Crippen LogP contribution in [0.1, 0.15) is 44.9 Å². The first-order valence-corrected chi connectivity index (χ1v) is 9.15. The van der Waals surface area contributed by atoms with E-state index < -0.39 is 0 Å². The van der Waals surface area contributed by atoms with E-state index in [4.69, 9.17) is 0 Å². The third-order valence-corrected chi connectivity index (χ3v) is 5.09. The number of anilines is 1. The normalized spacial score (nSPS) is 19.4. The van der Waals surface area contributed by atoms with Crippen LogP contribution in [0.25, 0.3) is 0 Å². The molecule has 0 unspecified atom stereocenters. The number of nitrogens with zero attached hydrogens (tertiary/aromatic N) is 2. The Labute approximate surface area is 140 Å². The first-order valence-electron chi connectivity index (χ1n) is 8.36. The van der Waals surface area contributed by atoms with Gasteiger partial charge in [-0.1, -0.05) is 19.3 Å². The number of hydrogen-bond acceptors (Lipinski definition) is 3. The molecule has 0 aliphatic heterocycles. The van der Waals surface area contributed by atoms with E-state index in [2.05, 4.69) is 31.1 Å². The fraction of sp³-hybridized carbons (Fsp3) is 0.647. The Morgan fingerprint density at radius 2 is 2.00 bits per heavy atom. The summed E-state index contributed by atoms with van der Waals surface area (Å²) in [6.07, 6.45) is 11.0. The molecule has 0 spiro atoms. The zero-order valence-corrected chi connectivity index (χ0v) is 14.5. The maximum absolute atomic E-state index is 12.3. The second-order valence-corrected chi connectivity index (χ2v) is 7.49. The molecule has 1 N–H and O–H groups in total. The van der Waals surface area contributed by atoms with Crippen LogP contribution in [0, 0.1) is 5.92 Å². The molecule has 2 fully saturated rings. The fourth-order valence-electron chi connectivity index (χ4n) is 3.30. The van der Waals surface area contributed by atoms with Crippen LogP contribution in [-0.4, -0.2) is 34.9 Å². The number of aromatic nitrogens is 1. The number of amides is 1. The van der Waals surface area contributed by atoms with Crippen molar-refractivity contribution >= 4 is 27.7 Å². The van der Waals surface area contributed by atoms with Crippen LogP contribution in [0.5, 0.6) is 0 Å². The average molecular weight is 366 g/mol. The summed E-state index contributed by atoms with van der Waals surface area (Å²) in [5.74, 6) is 1.46. The van der Waals surface area contributed by atoms with Crippen molar-refractivity contribution < 1.29 is 4.79 Å². The van der Waals surface area contributed by atoms with Gasteiger partial charge in [-0.05, 0) is 59.7 Å². The Kier molecular flexibility index (Phi) is 5.47. The minimum absolute atomic E-state index is 0.0533. The highest BCUT2D eigenvalue weighted by Crippen LogP contribution is 2.31. The van der Waals surface area contributed by atoms with Gasteiger partial charge >= 0.3 is 0 Å². The lowest BCUT2D eigenvalue weighted by molar-refractivity contribution is -0.117. The molecule has 22 heavy (non-hydrogen) atoms. The van der Waals surface area contributed by atoms with Gasteiger partial charge in [0, 0.05) is 23.3 Å². The maximum atomic E-state index is 12.3. The largest absolute Gasteiger partial charge is 0.310 e. The first-order chi connectivity index (χ1) is 10.7. The van der Waals surface area contributed by atoms with Gasteiger partial charge in [0.25, 0.3) is 0 Å². The molecule has 3 rings (SSSR count). The molecule has 0 radical (unpaired) electrons. The summed E-state index contributed by atoms with van der Waals surface area (Å²) in [5.41, 5.74) is 0. The van der Waals surface area contributed by atoms with Crippen LogP contribution >= 0.6 is 15.9 Å². The number of rotatable bonds is 6. The van der Waals surface area contributed by atoms with Crippen LogP contribution in [0.3, 0.4) is 0 Å². The van der Waals surface area contributed by atoms with Crippen molar-refractivity contribution in [2.24, 2.45) is 5.92 Å². The van der Waals surface area contributed by atoms with Crippen molar-refractivity contribution in [1.82, 2.24) is 9.88 Å². The Morgan fingerprint density at radius 3 is 2.64 bits per heavy atom. The van der Waals surface area contributed by atoms with E-state index in [-0.39, 0.29) is 5.91 Å². The van der Waals surface area contributed by atoms with E-state index in [9.17, 15) is 4.79 Å². The lowest BCUT2D eigenvalue weighted by atomic mass is 9.89. The first kappa shape index (κ1) is 15.9. The smallest absolute Gasteiger partial charge is 0.239 e. The zero-order valence-electron chi connectivity index (χ0n) is 12.9. The van der Waals surface area contributed by atoms with Gasteiger partial charge in [0.05, 0.1) is 6.54 Å². The van der Waals surface area contributed by atoms with Crippen molar-refractivity contribution in [2.45, 2.75) is 51.0 Å². The summed E-state index contributed by atoms with van der Waals surface area (Å²) in [6.45, 7) is 1.59.